The van der Waals surface area contributed by atoms with E-state index in [1.165, 1.54) is 12.1 Å². The minimum Gasteiger partial charge on any atom is -0.339 e. The number of carbonyl (C=O) groups is 1. The van der Waals surface area contributed by atoms with E-state index in [1.54, 1.807) is 6.07 Å². The lowest BCUT2D eigenvalue weighted by Gasteiger charge is -2.32. The van der Waals surface area contributed by atoms with E-state index in [1.807, 2.05) is 11.8 Å². The molecule has 0 spiro atoms. The largest absolute Gasteiger partial charge is 0.339 e. The first kappa shape index (κ1) is 17.9. The van der Waals surface area contributed by atoms with E-state index in [-0.39, 0.29) is 24.1 Å². The average Bonchev–Trinajstić information content (AvgIpc) is 2.47. The summed E-state index contributed by atoms with van der Waals surface area (Å²) in [5, 5.41) is 3.36. The second-order valence-electron chi connectivity index (χ2n) is 5.50. The molecule has 1 aromatic rings. The molecule has 1 fully saturated rings. The minimum absolute atomic E-state index is 0. The fourth-order valence-electron chi connectivity index (χ4n) is 2.68. The third kappa shape index (κ3) is 4.68. The van der Waals surface area contributed by atoms with Crippen LogP contribution >= 0.6 is 12.4 Å². The maximum atomic E-state index is 13.3. The van der Waals surface area contributed by atoms with Crippen LogP contribution in [0, 0.1) is 18.7 Å². The van der Waals surface area contributed by atoms with E-state index in [9.17, 15) is 9.18 Å². The Morgan fingerprint density at radius 3 is 2.67 bits per heavy atom. The quantitative estimate of drug-likeness (QED) is 0.926. The van der Waals surface area contributed by atoms with Crippen molar-refractivity contribution in [2.75, 3.05) is 26.2 Å². The smallest absolute Gasteiger partial charge is 0.254 e. The first-order valence-corrected chi connectivity index (χ1v) is 7.38. The average molecular weight is 315 g/mol. The van der Waals surface area contributed by atoms with Gasteiger partial charge in [0.05, 0.1) is 0 Å². The van der Waals surface area contributed by atoms with Gasteiger partial charge in [-0.1, -0.05) is 13.0 Å². The van der Waals surface area contributed by atoms with Gasteiger partial charge in [0.25, 0.3) is 5.91 Å². The molecule has 1 N–H and O–H groups in total. The van der Waals surface area contributed by atoms with Gasteiger partial charge in [-0.15, -0.1) is 12.4 Å². The molecule has 118 valence electrons. The zero-order chi connectivity index (χ0) is 14.5. The van der Waals surface area contributed by atoms with Crippen molar-refractivity contribution in [2.45, 2.75) is 26.7 Å². The molecular formula is C16H24ClFN2O. The Kier molecular flexibility index (Phi) is 7.12. The van der Waals surface area contributed by atoms with Crippen LogP contribution in [-0.2, 0) is 0 Å². The Hall–Kier alpha value is -1.13. The lowest BCUT2D eigenvalue weighted by molar-refractivity contribution is 0.0689. The Morgan fingerprint density at radius 1 is 1.38 bits per heavy atom. The van der Waals surface area contributed by atoms with Gasteiger partial charge >= 0.3 is 0 Å². The van der Waals surface area contributed by atoms with Crippen LogP contribution in [0.1, 0.15) is 35.7 Å². The van der Waals surface area contributed by atoms with Gasteiger partial charge in [-0.05, 0) is 56.5 Å². The number of benzene rings is 1. The number of halogens is 2. The van der Waals surface area contributed by atoms with E-state index < -0.39 is 0 Å². The maximum Gasteiger partial charge on any atom is 0.254 e. The highest BCUT2D eigenvalue weighted by Crippen LogP contribution is 2.20. The summed E-state index contributed by atoms with van der Waals surface area (Å²) in [6, 6.07) is 4.41. The standard InChI is InChI=1S/C16H23FN2O.ClH/c1-3-18-11-13-6-8-19(9-7-13)16(20)15-10-14(17)5-4-12(15)2;/h4-5,10,13,18H,3,6-9,11H2,1-2H3;1H. The fraction of sp³-hybridized carbons (Fsp3) is 0.562. The van der Waals surface area contributed by atoms with Crippen molar-refractivity contribution < 1.29 is 9.18 Å². The summed E-state index contributed by atoms with van der Waals surface area (Å²) in [6.07, 6.45) is 2.04. The van der Waals surface area contributed by atoms with E-state index in [0.717, 1.165) is 44.6 Å². The first-order valence-electron chi connectivity index (χ1n) is 7.38. The van der Waals surface area contributed by atoms with Crippen molar-refractivity contribution >= 4 is 18.3 Å². The number of aryl methyl sites for hydroxylation is 1. The number of amides is 1. The normalized spacial score (nSPS) is 15.7. The molecule has 1 saturated heterocycles. The molecule has 0 radical (unpaired) electrons. The number of hydrogen-bond donors (Lipinski definition) is 1. The highest BCUT2D eigenvalue weighted by atomic mass is 35.5. The van der Waals surface area contributed by atoms with Crippen molar-refractivity contribution in [3.8, 4) is 0 Å². The predicted molar refractivity (Wildman–Crippen MR) is 85.6 cm³/mol. The molecule has 0 unspecified atom stereocenters. The van der Waals surface area contributed by atoms with Crippen LogP contribution in [-0.4, -0.2) is 37.0 Å². The first-order chi connectivity index (χ1) is 9.61. The molecule has 21 heavy (non-hydrogen) atoms. The molecule has 1 aromatic carbocycles. The molecule has 0 atom stereocenters. The molecule has 0 aliphatic carbocycles. The van der Waals surface area contributed by atoms with Gasteiger partial charge in [-0.2, -0.15) is 0 Å². The summed E-state index contributed by atoms with van der Waals surface area (Å²) in [5.41, 5.74) is 1.33. The molecule has 5 heteroatoms. The molecule has 0 bridgehead atoms. The second kappa shape index (κ2) is 8.35. The van der Waals surface area contributed by atoms with Crippen LogP contribution in [0.2, 0.25) is 0 Å². The maximum absolute atomic E-state index is 13.3. The Morgan fingerprint density at radius 2 is 2.05 bits per heavy atom. The lowest BCUT2D eigenvalue weighted by atomic mass is 9.96. The van der Waals surface area contributed by atoms with Crippen molar-refractivity contribution in [1.29, 1.82) is 0 Å². The van der Waals surface area contributed by atoms with Crippen LogP contribution in [0.5, 0.6) is 0 Å². The number of nitrogens with zero attached hydrogens (tertiary/aromatic N) is 1. The van der Waals surface area contributed by atoms with Crippen LogP contribution in [0.4, 0.5) is 4.39 Å². The molecule has 1 heterocycles. The molecule has 2 rings (SSSR count). The van der Waals surface area contributed by atoms with Crippen LogP contribution in [0.3, 0.4) is 0 Å². The van der Waals surface area contributed by atoms with E-state index in [0.29, 0.717) is 11.5 Å². The zero-order valence-corrected chi connectivity index (χ0v) is 13.5. The molecule has 0 aromatic heterocycles. The number of carbonyl (C=O) groups excluding carboxylic acids is 1. The summed E-state index contributed by atoms with van der Waals surface area (Å²) in [5.74, 6) is 0.262. The third-order valence-corrected chi connectivity index (χ3v) is 4.01. The Balaban J connectivity index is 0.00000220. The van der Waals surface area contributed by atoms with Gasteiger partial charge in [-0.3, -0.25) is 4.79 Å². The van der Waals surface area contributed by atoms with E-state index >= 15 is 0 Å². The number of hydrogen-bond acceptors (Lipinski definition) is 2. The Bertz CT molecular complexity index is 473. The summed E-state index contributed by atoms with van der Waals surface area (Å²) < 4.78 is 13.3. The third-order valence-electron chi connectivity index (χ3n) is 4.01. The van der Waals surface area contributed by atoms with Crippen molar-refractivity contribution in [1.82, 2.24) is 10.2 Å². The van der Waals surface area contributed by atoms with Gasteiger partial charge in [0, 0.05) is 18.7 Å². The number of piperidine rings is 1. The number of nitrogens with one attached hydrogen (secondary N) is 1. The summed E-state index contributed by atoms with van der Waals surface area (Å²) in [6.45, 7) is 7.50. The van der Waals surface area contributed by atoms with Crippen LogP contribution in [0.25, 0.3) is 0 Å². The number of likely N-dealkylation sites (tertiary alicyclic amines) is 1. The highest BCUT2D eigenvalue weighted by molar-refractivity contribution is 5.95. The SMILES string of the molecule is CCNCC1CCN(C(=O)c2cc(F)ccc2C)CC1.Cl. The summed E-state index contributed by atoms with van der Waals surface area (Å²) in [4.78, 5) is 14.3. The van der Waals surface area contributed by atoms with Gasteiger partial charge in [0.15, 0.2) is 0 Å². The summed E-state index contributed by atoms with van der Waals surface area (Å²) >= 11 is 0. The van der Waals surface area contributed by atoms with E-state index in [2.05, 4.69) is 12.2 Å². The van der Waals surface area contributed by atoms with Crippen molar-refractivity contribution in [3.63, 3.8) is 0 Å². The fourth-order valence-corrected chi connectivity index (χ4v) is 2.68. The monoisotopic (exact) mass is 314 g/mol. The van der Waals surface area contributed by atoms with Gasteiger partial charge in [0.1, 0.15) is 5.82 Å². The van der Waals surface area contributed by atoms with Gasteiger partial charge < -0.3 is 10.2 Å². The van der Waals surface area contributed by atoms with Crippen molar-refractivity contribution in [2.24, 2.45) is 5.92 Å². The van der Waals surface area contributed by atoms with Gasteiger partial charge in [-0.25, -0.2) is 4.39 Å². The molecule has 0 saturated carbocycles. The molecule has 1 aliphatic rings. The van der Waals surface area contributed by atoms with Crippen LogP contribution in [0.15, 0.2) is 18.2 Å². The summed E-state index contributed by atoms with van der Waals surface area (Å²) in [7, 11) is 0. The van der Waals surface area contributed by atoms with Crippen molar-refractivity contribution in [3.05, 3.63) is 35.1 Å². The Labute approximate surface area is 132 Å². The van der Waals surface area contributed by atoms with E-state index in [4.69, 9.17) is 0 Å². The molecular weight excluding hydrogens is 291 g/mol. The zero-order valence-electron chi connectivity index (χ0n) is 12.7. The highest BCUT2D eigenvalue weighted by Gasteiger charge is 2.24. The minimum atomic E-state index is -0.346. The number of rotatable bonds is 4. The molecule has 1 aliphatic heterocycles. The lowest BCUT2D eigenvalue weighted by Crippen LogP contribution is -2.41. The molecule has 3 nitrogen and oxygen atoms in total. The second-order valence-corrected chi connectivity index (χ2v) is 5.50. The van der Waals surface area contributed by atoms with Gasteiger partial charge in [0.2, 0.25) is 0 Å². The molecule has 1 amide bonds. The topological polar surface area (TPSA) is 32.3 Å². The predicted octanol–water partition coefficient (Wildman–Crippen LogP) is 3.02. The van der Waals surface area contributed by atoms with Crippen LogP contribution < -0.4 is 5.32 Å².